The maximum atomic E-state index is 12.1. The van der Waals surface area contributed by atoms with Gasteiger partial charge in [-0.15, -0.1) is 0 Å². The summed E-state index contributed by atoms with van der Waals surface area (Å²) in [6, 6.07) is 3.65. The third kappa shape index (κ3) is 3.00. The Morgan fingerprint density at radius 3 is 2.30 bits per heavy atom. The zero-order chi connectivity index (χ0) is 14.9. The Kier molecular flexibility index (Phi) is 3.54. The molecule has 0 unspecified atom stereocenters. The molecule has 0 saturated carbocycles. The number of carboxylic acids is 1. The van der Waals surface area contributed by atoms with E-state index in [-0.39, 0.29) is 36.1 Å². The molecule has 0 radical (unpaired) electrons. The van der Waals surface area contributed by atoms with E-state index < -0.39 is 18.2 Å². The van der Waals surface area contributed by atoms with Crippen LogP contribution in [0.3, 0.4) is 0 Å². The summed E-state index contributed by atoms with van der Waals surface area (Å²) in [6.07, 6.45) is 0. The smallest absolute Gasteiger partial charge is 0.329 e. The van der Waals surface area contributed by atoms with Crippen molar-refractivity contribution in [2.24, 2.45) is 0 Å². The molecular formula is C13H15NO6. The lowest BCUT2D eigenvalue weighted by Gasteiger charge is -2.47. The standard InChI is InChI=1S/C13H15NO6/c1-13(20-5-11(17)18)6-14(7-13)12(19)8-2-9(15)4-10(16)3-8/h2-4,15-16H,5-7H2,1H3,(H,17,18). The average molecular weight is 281 g/mol. The van der Waals surface area contributed by atoms with E-state index in [1.807, 2.05) is 0 Å². The molecule has 1 aromatic rings. The molecule has 1 aliphatic rings. The lowest BCUT2D eigenvalue weighted by molar-refractivity contribution is -0.159. The number of rotatable bonds is 4. The third-order valence-corrected chi connectivity index (χ3v) is 3.03. The van der Waals surface area contributed by atoms with Crippen molar-refractivity contribution in [3.05, 3.63) is 23.8 Å². The van der Waals surface area contributed by atoms with Crippen molar-refractivity contribution < 1.29 is 29.6 Å². The number of hydrogen-bond acceptors (Lipinski definition) is 5. The van der Waals surface area contributed by atoms with E-state index in [1.165, 1.54) is 17.0 Å². The number of phenolic OH excluding ortho intramolecular Hbond substituents is 2. The maximum absolute atomic E-state index is 12.1. The van der Waals surface area contributed by atoms with Gasteiger partial charge in [-0.05, 0) is 19.1 Å². The van der Waals surface area contributed by atoms with E-state index in [9.17, 15) is 19.8 Å². The number of likely N-dealkylation sites (tertiary alicyclic amines) is 1. The molecule has 1 amide bonds. The van der Waals surface area contributed by atoms with Crippen LogP contribution in [0.25, 0.3) is 0 Å². The van der Waals surface area contributed by atoms with E-state index in [4.69, 9.17) is 9.84 Å². The fourth-order valence-electron chi connectivity index (χ4n) is 2.13. The minimum Gasteiger partial charge on any atom is -0.508 e. The largest absolute Gasteiger partial charge is 0.508 e. The topological polar surface area (TPSA) is 107 Å². The van der Waals surface area contributed by atoms with Gasteiger partial charge in [-0.25, -0.2) is 4.79 Å². The second-order valence-electron chi connectivity index (χ2n) is 5.03. The lowest BCUT2D eigenvalue weighted by atomic mass is 9.95. The molecule has 7 heteroatoms. The first kappa shape index (κ1) is 14.1. The van der Waals surface area contributed by atoms with Crippen molar-refractivity contribution in [1.82, 2.24) is 4.90 Å². The molecule has 0 atom stereocenters. The molecule has 1 saturated heterocycles. The van der Waals surface area contributed by atoms with Gasteiger partial charge < -0.3 is 25.0 Å². The quantitative estimate of drug-likeness (QED) is 0.738. The van der Waals surface area contributed by atoms with Crippen LogP contribution < -0.4 is 0 Å². The summed E-state index contributed by atoms with van der Waals surface area (Å²) in [4.78, 5) is 24.0. The molecule has 0 aliphatic carbocycles. The summed E-state index contributed by atoms with van der Waals surface area (Å²) in [5, 5.41) is 27.2. The number of aromatic hydroxyl groups is 2. The van der Waals surface area contributed by atoms with Crippen molar-refractivity contribution in [1.29, 1.82) is 0 Å². The first-order chi connectivity index (χ1) is 9.29. The first-order valence-corrected chi connectivity index (χ1v) is 5.97. The molecular weight excluding hydrogens is 266 g/mol. The molecule has 0 bridgehead atoms. The monoisotopic (exact) mass is 281 g/mol. The number of nitrogens with zero attached hydrogens (tertiary/aromatic N) is 1. The van der Waals surface area contributed by atoms with Crippen LogP contribution in [0.2, 0.25) is 0 Å². The number of carbonyl (C=O) groups is 2. The number of carbonyl (C=O) groups excluding carboxylic acids is 1. The van der Waals surface area contributed by atoms with Crippen LogP contribution in [0.5, 0.6) is 11.5 Å². The van der Waals surface area contributed by atoms with Crippen molar-refractivity contribution in [3.63, 3.8) is 0 Å². The number of ether oxygens (including phenoxy) is 1. The van der Waals surface area contributed by atoms with Crippen LogP contribution >= 0.6 is 0 Å². The van der Waals surface area contributed by atoms with Gasteiger partial charge in [0.25, 0.3) is 5.91 Å². The Morgan fingerprint density at radius 2 is 1.80 bits per heavy atom. The average Bonchev–Trinajstić information content (AvgIpc) is 2.31. The van der Waals surface area contributed by atoms with Gasteiger partial charge in [0, 0.05) is 11.6 Å². The van der Waals surface area contributed by atoms with E-state index in [2.05, 4.69) is 0 Å². The van der Waals surface area contributed by atoms with Crippen molar-refractivity contribution in [2.75, 3.05) is 19.7 Å². The summed E-state index contributed by atoms with van der Waals surface area (Å²) in [5.41, 5.74) is -0.504. The van der Waals surface area contributed by atoms with Crippen LogP contribution in [0.1, 0.15) is 17.3 Å². The highest BCUT2D eigenvalue weighted by molar-refractivity contribution is 5.95. The molecule has 7 nitrogen and oxygen atoms in total. The van der Waals surface area contributed by atoms with Gasteiger partial charge in [0.1, 0.15) is 23.7 Å². The number of aliphatic carboxylic acids is 1. The summed E-state index contributed by atoms with van der Waals surface area (Å²) in [5.74, 6) is -1.81. The van der Waals surface area contributed by atoms with Crippen molar-refractivity contribution in [3.8, 4) is 11.5 Å². The van der Waals surface area contributed by atoms with Crippen LogP contribution in [0.15, 0.2) is 18.2 Å². The third-order valence-electron chi connectivity index (χ3n) is 3.03. The van der Waals surface area contributed by atoms with Gasteiger partial charge in [-0.1, -0.05) is 0 Å². The summed E-state index contributed by atoms with van der Waals surface area (Å²) < 4.78 is 5.20. The van der Waals surface area contributed by atoms with E-state index in [0.29, 0.717) is 0 Å². The van der Waals surface area contributed by atoms with Gasteiger partial charge in [0.15, 0.2) is 0 Å². The number of benzene rings is 1. The zero-order valence-corrected chi connectivity index (χ0v) is 10.9. The Balaban J connectivity index is 1.98. The zero-order valence-electron chi connectivity index (χ0n) is 10.9. The van der Waals surface area contributed by atoms with Crippen molar-refractivity contribution >= 4 is 11.9 Å². The van der Waals surface area contributed by atoms with Crippen molar-refractivity contribution in [2.45, 2.75) is 12.5 Å². The molecule has 0 spiro atoms. The second kappa shape index (κ2) is 5.01. The fraction of sp³-hybridized carbons (Fsp3) is 0.385. The molecule has 0 aromatic heterocycles. The number of amides is 1. The van der Waals surface area contributed by atoms with Gasteiger partial charge in [0.2, 0.25) is 0 Å². The minimum atomic E-state index is -1.06. The maximum Gasteiger partial charge on any atom is 0.329 e. The normalized spacial score (nSPS) is 16.6. The molecule has 1 aliphatic heterocycles. The highest BCUT2D eigenvalue weighted by atomic mass is 16.5. The molecule has 1 fully saturated rings. The van der Waals surface area contributed by atoms with Crippen LogP contribution in [0.4, 0.5) is 0 Å². The predicted molar refractivity (Wildman–Crippen MR) is 67.7 cm³/mol. The lowest BCUT2D eigenvalue weighted by Crippen LogP contribution is -2.63. The highest BCUT2D eigenvalue weighted by Crippen LogP contribution is 2.28. The summed E-state index contributed by atoms with van der Waals surface area (Å²) in [7, 11) is 0. The molecule has 2 rings (SSSR count). The van der Waals surface area contributed by atoms with E-state index in [1.54, 1.807) is 6.92 Å². The summed E-state index contributed by atoms with van der Waals surface area (Å²) >= 11 is 0. The van der Waals surface area contributed by atoms with Crippen LogP contribution in [0, 0.1) is 0 Å². The molecule has 1 heterocycles. The van der Waals surface area contributed by atoms with Gasteiger partial charge >= 0.3 is 5.97 Å². The Bertz CT molecular complexity index is 530. The Morgan fingerprint density at radius 1 is 1.25 bits per heavy atom. The van der Waals surface area contributed by atoms with Gasteiger partial charge in [-0.2, -0.15) is 0 Å². The molecule has 108 valence electrons. The number of phenols is 2. The van der Waals surface area contributed by atoms with Crippen LogP contribution in [-0.2, 0) is 9.53 Å². The first-order valence-electron chi connectivity index (χ1n) is 5.97. The van der Waals surface area contributed by atoms with Gasteiger partial charge in [-0.3, -0.25) is 4.79 Å². The fourth-order valence-corrected chi connectivity index (χ4v) is 2.13. The summed E-state index contributed by atoms with van der Waals surface area (Å²) in [6.45, 7) is 1.83. The van der Waals surface area contributed by atoms with E-state index >= 15 is 0 Å². The number of carboxylic acid groups (broad SMARTS) is 1. The SMILES string of the molecule is CC1(OCC(=O)O)CN(C(=O)c2cc(O)cc(O)c2)C1. The molecule has 3 N–H and O–H groups in total. The Labute approximate surface area is 115 Å². The highest BCUT2D eigenvalue weighted by Gasteiger charge is 2.43. The molecule has 20 heavy (non-hydrogen) atoms. The second-order valence-corrected chi connectivity index (χ2v) is 5.03. The number of hydrogen-bond donors (Lipinski definition) is 3. The minimum absolute atomic E-state index is 0.169. The van der Waals surface area contributed by atoms with E-state index in [0.717, 1.165) is 6.07 Å². The van der Waals surface area contributed by atoms with Crippen LogP contribution in [-0.4, -0.2) is 57.4 Å². The van der Waals surface area contributed by atoms with Gasteiger partial charge in [0.05, 0.1) is 13.1 Å². The Hall–Kier alpha value is -2.28. The molecule has 1 aromatic carbocycles. The predicted octanol–water partition coefficient (Wildman–Crippen LogP) is 0.413.